The molecule has 194 valence electrons. The Kier molecular flexibility index (Phi) is 6.53. The minimum atomic E-state index is -3.95. The lowest BCUT2D eigenvalue weighted by atomic mass is 10.0. The zero-order valence-corrected chi connectivity index (χ0v) is 21.4. The molecule has 0 radical (unpaired) electrons. The zero-order chi connectivity index (χ0) is 27.7. The first kappa shape index (κ1) is 25.5. The number of para-hydroxylation sites is 1. The smallest absolute Gasteiger partial charge is 0.266 e. The Bertz CT molecular complexity index is 1930. The highest BCUT2D eigenvalue weighted by Gasteiger charge is 2.22. The van der Waals surface area contributed by atoms with Gasteiger partial charge in [-0.3, -0.25) is 9.36 Å². The molecule has 0 aliphatic carbocycles. The Balaban J connectivity index is 1.76. The first-order chi connectivity index (χ1) is 18.7. The van der Waals surface area contributed by atoms with Crippen LogP contribution in [-0.2, 0) is 10.0 Å². The number of aromatic nitrogens is 4. The van der Waals surface area contributed by atoms with Crippen molar-refractivity contribution in [3.63, 3.8) is 0 Å². The molecule has 5 rings (SSSR count). The first-order valence-electron chi connectivity index (χ1n) is 11.7. The average molecular weight is 539 g/mol. The third kappa shape index (κ3) is 4.91. The molecule has 0 aliphatic rings. The maximum atomic E-state index is 14.2. The summed E-state index contributed by atoms with van der Waals surface area (Å²) in [4.78, 5) is 27.0. The van der Waals surface area contributed by atoms with Gasteiger partial charge in [-0.15, -0.1) is 0 Å². The van der Waals surface area contributed by atoms with Crippen LogP contribution in [0.1, 0.15) is 24.4 Å². The molecule has 0 bridgehead atoms. The molecule has 3 aromatic carbocycles. The molecule has 2 heterocycles. The molecule has 0 fully saturated rings. The summed E-state index contributed by atoms with van der Waals surface area (Å²) in [5, 5.41) is 18.3. The van der Waals surface area contributed by atoms with Gasteiger partial charge < -0.3 is 11.1 Å². The molecule has 2 aromatic heterocycles. The molecule has 0 saturated heterocycles. The second kappa shape index (κ2) is 9.97. The van der Waals surface area contributed by atoms with E-state index in [9.17, 15) is 18.5 Å². The van der Waals surface area contributed by atoms with Crippen molar-refractivity contribution < 1.29 is 8.42 Å². The van der Waals surface area contributed by atoms with E-state index in [1.165, 1.54) is 22.9 Å². The number of primary sulfonamides is 1. The number of nitrogens with one attached hydrogen (secondary N) is 1. The molecule has 12 heteroatoms. The van der Waals surface area contributed by atoms with Crippen molar-refractivity contribution in [2.75, 3.05) is 11.1 Å². The van der Waals surface area contributed by atoms with Crippen molar-refractivity contribution in [3.05, 3.63) is 101 Å². The number of hydrogen-bond acceptors (Lipinski definition) is 9. The number of fused-ring (bicyclic) bond motifs is 1. The van der Waals surface area contributed by atoms with E-state index in [-0.39, 0.29) is 27.8 Å². The number of nitrogen functional groups attached to an aromatic ring is 1. The highest BCUT2D eigenvalue weighted by atomic mass is 32.2. The molecule has 11 nitrogen and oxygen atoms in total. The van der Waals surface area contributed by atoms with E-state index in [0.29, 0.717) is 33.5 Å². The van der Waals surface area contributed by atoms with Gasteiger partial charge in [0, 0.05) is 0 Å². The summed E-state index contributed by atoms with van der Waals surface area (Å²) in [6.07, 6.45) is 1.32. The Morgan fingerprint density at radius 1 is 1.03 bits per heavy atom. The number of benzene rings is 3. The maximum Gasteiger partial charge on any atom is 0.266 e. The van der Waals surface area contributed by atoms with Crippen molar-refractivity contribution in [1.82, 2.24) is 19.5 Å². The number of nitriles is 1. The van der Waals surface area contributed by atoms with Crippen LogP contribution < -0.4 is 21.7 Å². The lowest BCUT2D eigenvalue weighted by Crippen LogP contribution is -2.28. The average Bonchev–Trinajstić information content (AvgIpc) is 2.93. The molecule has 1 unspecified atom stereocenters. The van der Waals surface area contributed by atoms with Crippen molar-refractivity contribution in [1.29, 1.82) is 5.26 Å². The molecule has 0 spiro atoms. The van der Waals surface area contributed by atoms with E-state index in [1.807, 2.05) is 12.1 Å². The van der Waals surface area contributed by atoms with Crippen LogP contribution in [0.3, 0.4) is 0 Å². The van der Waals surface area contributed by atoms with Crippen molar-refractivity contribution in [3.8, 4) is 22.9 Å². The summed E-state index contributed by atoms with van der Waals surface area (Å²) in [5.41, 5.74) is 7.52. The van der Waals surface area contributed by atoms with Crippen molar-refractivity contribution >= 4 is 32.7 Å². The van der Waals surface area contributed by atoms with Crippen LogP contribution in [0.25, 0.3) is 27.7 Å². The topological polar surface area (TPSA) is 183 Å². The second-order valence-corrected chi connectivity index (χ2v) is 10.2. The van der Waals surface area contributed by atoms with Gasteiger partial charge >= 0.3 is 0 Å². The van der Waals surface area contributed by atoms with Gasteiger partial charge in [0.05, 0.1) is 33.7 Å². The Morgan fingerprint density at radius 3 is 2.49 bits per heavy atom. The van der Waals surface area contributed by atoms with Crippen molar-refractivity contribution in [2.24, 2.45) is 5.14 Å². The van der Waals surface area contributed by atoms with Gasteiger partial charge in [0.1, 0.15) is 23.3 Å². The predicted octanol–water partition coefficient (Wildman–Crippen LogP) is 3.12. The lowest BCUT2D eigenvalue weighted by Gasteiger charge is -2.21. The summed E-state index contributed by atoms with van der Waals surface area (Å²) in [5.74, 6) is 0.553. The SMILES string of the molecule is CC(Nc1nc(N)ncc1C#N)c1nc2cccc(-c3cccc(S(N)(=O)=O)c3)c2c(=O)n1-c1ccccc1. The molecule has 0 aliphatic heterocycles. The summed E-state index contributed by atoms with van der Waals surface area (Å²) < 4.78 is 25.4. The van der Waals surface area contributed by atoms with Gasteiger partial charge in [-0.05, 0) is 48.4 Å². The summed E-state index contributed by atoms with van der Waals surface area (Å²) in [6, 6.07) is 21.7. The van der Waals surface area contributed by atoms with Crippen LogP contribution in [0, 0.1) is 11.3 Å². The molecule has 0 saturated carbocycles. The standard InChI is InChI=1S/C27H22N8O3S/c1-16(32-24-18(14-28)15-31-27(29)34-24)25-33-22-12-6-11-21(17-7-5-10-20(13-17)39(30,37)38)23(22)26(36)35(25)19-8-3-2-4-9-19/h2-13,15-16H,1H3,(H2,30,37,38)(H3,29,31,32,34). The fourth-order valence-electron chi connectivity index (χ4n) is 4.30. The van der Waals surface area contributed by atoms with E-state index >= 15 is 0 Å². The number of nitrogens with two attached hydrogens (primary N) is 2. The molecule has 5 N–H and O–H groups in total. The van der Waals surface area contributed by atoms with Crippen LogP contribution in [-0.4, -0.2) is 27.9 Å². The van der Waals surface area contributed by atoms with Crippen LogP contribution in [0.15, 0.2) is 88.7 Å². The van der Waals surface area contributed by atoms with Gasteiger partial charge in [0.15, 0.2) is 0 Å². The van der Waals surface area contributed by atoms with Crippen LogP contribution in [0.4, 0.5) is 11.8 Å². The normalized spacial score (nSPS) is 12.1. The van der Waals surface area contributed by atoms with Gasteiger partial charge in [-0.25, -0.2) is 23.5 Å². The minimum Gasteiger partial charge on any atom is -0.368 e. The highest BCUT2D eigenvalue weighted by Crippen LogP contribution is 2.29. The summed E-state index contributed by atoms with van der Waals surface area (Å²) in [6.45, 7) is 1.78. The Hall–Kier alpha value is -5.12. The lowest BCUT2D eigenvalue weighted by molar-refractivity contribution is 0.598. The second-order valence-electron chi connectivity index (χ2n) is 8.69. The third-order valence-corrected chi connectivity index (χ3v) is 6.99. The van der Waals surface area contributed by atoms with E-state index in [0.717, 1.165) is 0 Å². The largest absolute Gasteiger partial charge is 0.368 e. The first-order valence-corrected chi connectivity index (χ1v) is 13.3. The van der Waals surface area contributed by atoms with E-state index < -0.39 is 16.1 Å². The monoisotopic (exact) mass is 538 g/mol. The maximum absolute atomic E-state index is 14.2. The van der Waals surface area contributed by atoms with Crippen LogP contribution in [0.2, 0.25) is 0 Å². The highest BCUT2D eigenvalue weighted by molar-refractivity contribution is 7.89. The third-order valence-electron chi connectivity index (χ3n) is 6.08. The fraction of sp³-hybridized carbons (Fsp3) is 0.0741. The van der Waals surface area contributed by atoms with E-state index in [4.69, 9.17) is 15.9 Å². The molecular formula is C27H22N8O3S. The van der Waals surface area contributed by atoms with E-state index in [1.54, 1.807) is 61.5 Å². The summed E-state index contributed by atoms with van der Waals surface area (Å²) >= 11 is 0. The Morgan fingerprint density at radius 2 is 1.77 bits per heavy atom. The zero-order valence-electron chi connectivity index (χ0n) is 20.6. The molecule has 1 atom stereocenters. The van der Waals surface area contributed by atoms with Gasteiger partial charge in [0.2, 0.25) is 16.0 Å². The van der Waals surface area contributed by atoms with Crippen LogP contribution >= 0.6 is 0 Å². The molecule has 0 amide bonds. The fourth-order valence-corrected chi connectivity index (χ4v) is 4.86. The Labute approximate surface area is 223 Å². The number of nitrogens with zero attached hydrogens (tertiary/aromatic N) is 5. The van der Waals surface area contributed by atoms with Gasteiger partial charge in [0.25, 0.3) is 5.56 Å². The predicted molar refractivity (Wildman–Crippen MR) is 147 cm³/mol. The molecular weight excluding hydrogens is 516 g/mol. The number of hydrogen-bond donors (Lipinski definition) is 3. The summed E-state index contributed by atoms with van der Waals surface area (Å²) in [7, 11) is -3.95. The number of anilines is 2. The van der Waals surface area contributed by atoms with Gasteiger partial charge in [-0.1, -0.05) is 42.5 Å². The quantitative estimate of drug-likeness (QED) is 0.292. The van der Waals surface area contributed by atoms with Crippen molar-refractivity contribution in [2.45, 2.75) is 17.9 Å². The van der Waals surface area contributed by atoms with Crippen LogP contribution in [0.5, 0.6) is 0 Å². The van der Waals surface area contributed by atoms with Gasteiger partial charge in [-0.2, -0.15) is 10.2 Å². The number of rotatable bonds is 6. The number of sulfonamides is 1. The molecule has 5 aromatic rings. The van der Waals surface area contributed by atoms with E-state index in [2.05, 4.69) is 15.3 Å². The minimum absolute atomic E-state index is 0.0120. The molecule has 39 heavy (non-hydrogen) atoms.